The van der Waals surface area contributed by atoms with Crippen LogP contribution in [0.25, 0.3) is 0 Å². The van der Waals surface area contributed by atoms with Crippen molar-refractivity contribution >= 4 is 18.4 Å². The summed E-state index contributed by atoms with van der Waals surface area (Å²) in [6.07, 6.45) is 1.87. The van der Waals surface area contributed by atoms with E-state index in [1.165, 1.54) is 12.7 Å². The summed E-state index contributed by atoms with van der Waals surface area (Å²) in [4.78, 5) is 17.0. The highest BCUT2D eigenvalue weighted by Crippen LogP contribution is 2.31. The van der Waals surface area contributed by atoms with Crippen molar-refractivity contribution in [2.24, 2.45) is 0 Å². The lowest BCUT2D eigenvalue weighted by atomic mass is 10.0. The van der Waals surface area contributed by atoms with E-state index >= 15 is 0 Å². The molecule has 1 aromatic carbocycles. The largest absolute Gasteiger partial charge is 0.496 e. The maximum Gasteiger partial charge on any atom is 0.354 e. The van der Waals surface area contributed by atoms with Crippen molar-refractivity contribution in [2.75, 3.05) is 33.9 Å². The number of hydrogen-bond donors (Lipinski definition) is 2. The van der Waals surface area contributed by atoms with E-state index in [9.17, 15) is 4.79 Å². The number of piperazine rings is 1. The molecule has 3 rings (SSSR count). The molecule has 1 atom stereocenters. The fourth-order valence-corrected chi connectivity index (χ4v) is 3.18. The summed E-state index contributed by atoms with van der Waals surface area (Å²) in [5.74, 6) is 0.559. The first-order chi connectivity index (χ1) is 11.7. The van der Waals surface area contributed by atoms with Crippen LogP contribution in [0.4, 0.5) is 0 Å². The third-order valence-corrected chi connectivity index (χ3v) is 4.39. The Morgan fingerprint density at radius 2 is 2.12 bits per heavy atom. The van der Waals surface area contributed by atoms with E-state index in [-0.39, 0.29) is 24.4 Å². The predicted octanol–water partition coefficient (Wildman–Crippen LogP) is 2.38. The van der Waals surface area contributed by atoms with Crippen molar-refractivity contribution in [1.82, 2.24) is 15.2 Å². The van der Waals surface area contributed by atoms with Gasteiger partial charge in [-0.25, -0.2) is 4.79 Å². The molecule has 2 aromatic rings. The number of aromatic nitrogens is 1. The van der Waals surface area contributed by atoms with Crippen LogP contribution in [0.2, 0.25) is 0 Å². The molecule has 2 N–H and O–H groups in total. The molecule has 7 heteroatoms. The topological polar surface area (TPSA) is 66.6 Å². The van der Waals surface area contributed by atoms with Crippen LogP contribution in [0.5, 0.6) is 5.75 Å². The van der Waals surface area contributed by atoms with Crippen molar-refractivity contribution in [3.63, 3.8) is 0 Å². The van der Waals surface area contributed by atoms with E-state index in [2.05, 4.69) is 21.3 Å². The zero-order chi connectivity index (χ0) is 16.9. The summed E-state index contributed by atoms with van der Waals surface area (Å²) in [5, 5.41) is 3.45. The third kappa shape index (κ3) is 4.34. The molecule has 1 fully saturated rings. The molecule has 6 nitrogen and oxygen atoms in total. The summed E-state index contributed by atoms with van der Waals surface area (Å²) in [6.45, 7) is 3.51. The van der Waals surface area contributed by atoms with Gasteiger partial charge in [0, 0.05) is 37.9 Å². The number of halogens is 1. The molecular weight excluding hydrogens is 342 g/mol. The van der Waals surface area contributed by atoms with Gasteiger partial charge in [0.15, 0.2) is 0 Å². The van der Waals surface area contributed by atoms with Gasteiger partial charge in [0.25, 0.3) is 0 Å². The third-order valence-electron chi connectivity index (χ3n) is 4.39. The molecule has 1 aromatic heterocycles. The van der Waals surface area contributed by atoms with Gasteiger partial charge in [0.2, 0.25) is 0 Å². The van der Waals surface area contributed by atoms with Crippen LogP contribution in [0.3, 0.4) is 0 Å². The Morgan fingerprint density at radius 3 is 2.88 bits per heavy atom. The SMILES string of the molecule is COC(=O)c1cc(CN2CCNCC2c2ccccc2OC)c[nH]1.Cl. The Kier molecular flexibility index (Phi) is 6.87. The highest BCUT2D eigenvalue weighted by molar-refractivity contribution is 5.87. The molecule has 0 radical (unpaired) electrons. The Hall–Kier alpha value is -2.02. The number of carbonyl (C=O) groups excluding carboxylic acids is 1. The van der Waals surface area contributed by atoms with E-state index < -0.39 is 0 Å². The number of nitrogens with one attached hydrogen (secondary N) is 2. The lowest BCUT2D eigenvalue weighted by Gasteiger charge is -2.36. The first-order valence-corrected chi connectivity index (χ1v) is 8.06. The Labute approximate surface area is 153 Å². The molecule has 1 aliphatic rings. The van der Waals surface area contributed by atoms with Crippen molar-refractivity contribution < 1.29 is 14.3 Å². The second-order valence-corrected chi connectivity index (χ2v) is 5.85. The van der Waals surface area contributed by atoms with Gasteiger partial charge < -0.3 is 19.8 Å². The summed E-state index contributed by atoms with van der Waals surface area (Å²) < 4.78 is 10.3. The highest BCUT2D eigenvalue weighted by Gasteiger charge is 2.26. The number of esters is 1. The van der Waals surface area contributed by atoms with E-state index in [1.54, 1.807) is 7.11 Å². The zero-order valence-electron chi connectivity index (χ0n) is 14.5. The number of nitrogens with zero attached hydrogens (tertiary/aromatic N) is 1. The Bertz CT molecular complexity index is 704. The van der Waals surface area contributed by atoms with Crippen LogP contribution in [0.1, 0.15) is 27.7 Å². The number of H-pyrrole nitrogens is 1. The maximum absolute atomic E-state index is 11.6. The van der Waals surface area contributed by atoms with Crippen molar-refractivity contribution in [2.45, 2.75) is 12.6 Å². The second kappa shape index (κ2) is 8.89. The van der Waals surface area contributed by atoms with Gasteiger partial charge in [-0.2, -0.15) is 0 Å². The number of para-hydroxylation sites is 1. The van der Waals surface area contributed by atoms with E-state index in [0.29, 0.717) is 5.69 Å². The Balaban J connectivity index is 0.00000225. The summed E-state index contributed by atoms with van der Waals surface area (Å²) in [5.41, 5.74) is 2.73. The fourth-order valence-electron chi connectivity index (χ4n) is 3.18. The van der Waals surface area contributed by atoms with Crippen LogP contribution in [0, 0.1) is 0 Å². The number of ether oxygens (including phenoxy) is 2. The average Bonchev–Trinajstić information content (AvgIpc) is 3.10. The van der Waals surface area contributed by atoms with Gasteiger partial charge in [0.1, 0.15) is 11.4 Å². The molecule has 0 amide bonds. The van der Waals surface area contributed by atoms with Crippen LogP contribution < -0.4 is 10.1 Å². The minimum atomic E-state index is -0.345. The average molecular weight is 366 g/mol. The number of benzene rings is 1. The van der Waals surface area contributed by atoms with Gasteiger partial charge in [-0.3, -0.25) is 4.90 Å². The van der Waals surface area contributed by atoms with Crippen LogP contribution in [-0.2, 0) is 11.3 Å². The summed E-state index contributed by atoms with van der Waals surface area (Å²) >= 11 is 0. The van der Waals surface area contributed by atoms with E-state index in [4.69, 9.17) is 9.47 Å². The monoisotopic (exact) mass is 365 g/mol. The molecule has 136 valence electrons. The second-order valence-electron chi connectivity index (χ2n) is 5.85. The Morgan fingerprint density at radius 1 is 1.32 bits per heavy atom. The van der Waals surface area contributed by atoms with Gasteiger partial charge in [-0.15, -0.1) is 12.4 Å². The molecule has 1 aliphatic heterocycles. The standard InChI is InChI=1S/C18H23N3O3.ClH/c1-23-17-6-4-3-5-14(17)16-11-19-7-8-21(16)12-13-9-15(20-10-13)18(22)24-2;/h3-6,9-10,16,19-20H,7-8,11-12H2,1-2H3;1H. The first-order valence-electron chi connectivity index (χ1n) is 8.06. The fraction of sp³-hybridized carbons (Fsp3) is 0.389. The van der Waals surface area contributed by atoms with Gasteiger partial charge >= 0.3 is 5.97 Å². The first kappa shape index (κ1) is 19.3. The van der Waals surface area contributed by atoms with E-state index in [0.717, 1.165) is 37.5 Å². The van der Waals surface area contributed by atoms with Crippen molar-refractivity contribution in [3.05, 3.63) is 53.3 Å². The molecule has 1 unspecified atom stereocenters. The molecular formula is C18H24ClN3O3. The molecule has 1 saturated heterocycles. The summed E-state index contributed by atoms with van der Waals surface area (Å²) in [6, 6.07) is 10.2. The molecule has 0 aliphatic carbocycles. The smallest absolute Gasteiger partial charge is 0.354 e. The minimum Gasteiger partial charge on any atom is -0.496 e. The zero-order valence-corrected chi connectivity index (χ0v) is 15.3. The highest BCUT2D eigenvalue weighted by atomic mass is 35.5. The van der Waals surface area contributed by atoms with Crippen LogP contribution in [0.15, 0.2) is 36.5 Å². The maximum atomic E-state index is 11.6. The lowest BCUT2D eigenvalue weighted by Crippen LogP contribution is -2.45. The van der Waals surface area contributed by atoms with Gasteiger partial charge in [0.05, 0.1) is 20.3 Å². The molecule has 2 heterocycles. The van der Waals surface area contributed by atoms with E-state index in [1.807, 2.05) is 30.5 Å². The lowest BCUT2D eigenvalue weighted by molar-refractivity contribution is 0.0594. The summed E-state index contributed by atoms with van der Waals surface area (Å²) in [7, 11) is 3.09. The minimum absolute atomic E-state index is 0. The van der Waals surface area contributed by atoms with Crippen molar-refractivity contribution in [3.8, 4) is 5.75 Å². The van der Waals surface area contributed by atoms with Crippen LogP contribution in [-0.4, -0.2) is 49.7 Å². The number of aromatic amines is 1. The number of carbonyl (C=O) groups is 1. The quantitative estimate of drug-likeness (QED) is 0.796. The molecule has 0 spiro atoms. The molecule has 0 saturated carbocycles. The van der Waals surface area contributed by atoms with Crippen LogP contribution >= 0.6 is 12.4 Å². The molecule has 0 bridgehead atoms. The normalized spacial score (nSPS) is 17.6. The van der Waals surface area contributed by atoms with Gasteiger partial charge in [-0.1, -0.05) is 18.2 Å². The molecule has 25 heavy (non-hydrogen) atoms. The predicted molar refractivity (Wildman–Crippen MR) is 98.4 cm³/mol. The number of hydrogen-bond acceptors (Lipinski definition) is 5. The number of methoxy groups -OCH3 is 2. The van der Waals surface area contributed by atoms with Crippen molar-refractivity contribution in [1.29, 1.82) is 0 Å². The van der Waals surface area contributed by atoms with Gasteiger partial charge in [-0.05, 0) is 17.7 Å². The number of rotatable bonds is 5.